The maximum absolute atomic E-state index is 5.60. The molecule has 2 atom stereocenters. The average Bonchev–Trinajstić information content (AvgIpc) is 2.62. The molecule has 3 saturated heterocycles. The molecule has 5 nitrogen and oxygen atoms in total. The summed E-state index contributed by atoms with van der Waals surface area (Å²) in [5.41, 5.74) is 0. The van der Waals surface area contributed by atoms with Gasteiger partial charge >= 0.3 is 0 Å². The highest BCUT2D eigenvalue weighted by Crippen LogP contribution is 2.36. The van der Waals surface area contributed by atoms with E-state index < -0.39 is 0 Å². The summed E-state index contributed by atoms with van der Waals surface area (Å²) < 4.78 is 5.86. The van der Waals surface area contributed by atoms with E-state index in [1.807, 2.05) is 0 Å². The van der Waals surface area contributed by atoms with E-state index in [2.05, 4.69) is 48.2 Å². The van der Waals surface area contributed by atoms with Crippen molar-refractivity contribution in [2.75, 3.05) is 39.1 Å². The number of rotatable bonds is 6. The van der Waals surface area contributed by atoms with Gasteiger partial charge in [0.05, 0.1) is 6.54 Å². The molecule has 0 aromatic carbocycles. The van der Waals surface area contributed by atoms with Crippen molar-refractivity contribution < 1.29 is 4.74 Å². The fourth-order valence-corrected chi connectivity index (χ4v) is 6.09. The summed E-state index contributed by atoms with van der Waals surface area (Å²) in [5.74, 6) is 2.17. The van der Waals surface area contributed by atoms with Gasteiger partial charge in [-0.1, -0.05) is 13.3 Å². The number of ether oxygens (including phenoxy) is 1. The molecular weight excluding hydrogens is 344 g/mol. The van der Waals surface area contributed by atoms with Crippen LogP contribution in [0.2, 0.25) is 0 Å². The molecule has 0 aromatic rings. The highest BCUT2D eigenvalue weighted by Gasteiger charge is 2.36. The van der Waals surface area contributed by atoms with Gasteiger partial charge in [0.1, 0.15) is 0 Å². The van der Waals surface area contributed by atoms with Crippen LogP contribution in [0.5, 0.6) is 0 Å². The predicted molar refractivity (Wildman–Crippen MR) is 112 cm³/mol. The Balaban J connectivity index is 1.61. The molecule has 2 bridgehead atoms. The maximum Gasteiger partial charge on any atom is 0.191 e. The Bertz CT molecular complexity index is 447. The monoisotopic (exact) mass is 382 g/mol. The molecule has 3 heterocycles. The van der Waals surface area contributed by atoms with Gasteiger partial charge in [0.25, 0.3) is 0 Å². The maximum atomic E-state index is 5.60. The van der Waals surface area contributed by atoms with Gasteiger partial charge < -0.3 is 20.3 Å². The summed E-state index contributed by atoms with van der Waals surface area (Å²) in [7, 11) is 2.32. The predicted octanol–water partition coefficient (Wildman–Crippen LogP) is 2.86. The lowest BCUT2D eigenvalue weighted by Gasteiger charge is -2.47. The van der Waals surface area contributed by atoms with Gasteiger partial charge in [0, 0.05) is 42.6 Å². The second kappa shape index (κ2) is 9.65. The van der Waals surface area contributed by atoms with Gasteiger partial charge in [0.15, 0.2) is 5.96 Å². The van der Waals surface area contributed by atoms with Crippen molar-refractivity contribution in [1.29, 1.82) is 0 Å². The van der Waals surface area contributed by atoms with Gasteiger partial charge in [-0.2, -0.15) is 11.8 Å². The highest BCUT2D eigenvalue weighted by molar-refractivity contribution is 8.00. The van der Waals surface area contributed by atoms with Crippen molar-refractivity contribution in [2.45, 2.75) is 81.7 Å². The molecule has 0 amide bonds. The Morgan fingerprint density at radius 1 is 1.19 bits per heavy atom. The molecule has 3 fully saturated rings. The molecule has 0 saturated carbocycles. The van der Waals surface area contributed by atoms with Crippen LogP contribution in [0.25, 0.3) is 0 Å². The number of fused-ring (bicyclic) bond motifs is 2. The first-order valence-electron chi connectivity index (χ1n) is 10.6. The van der Waals surface area contributed by atoms with E-state index in [-0.39, 0.29) is 4.75 Å². The van der Waals surface area contributed by atoms with E-state index in [9.17, 15) is 0 Å². The van der Waals surface area contributed by atoms with Gasteiger partial charge in [-0.05, 0) is 58.2 Å². The molecule has 6 heteroatoms. The average molecular weight is 383 g/mol. The third kappa shape index (κ3) is 5.08. The normalized spacial score (nSPS) is 32.3. The lowest BCUT2D eigenvalue weighted by atomic mass is 9.82. The number of thioether (sulfide) groups is 1. The zero-order valence-corrected chi connectivity index (χ0v) is 17.7. The minimum atomic E-state index is 0.263. The highest BCUT2D eigenvalue weighted by atomic mass is 32.2. The number of piperidine rings is 2. The first-order chi connectivity index (χ1) is 12.7. The summed E-state index contributed by atoms with van der Waals surface area (Å²) in [6.45, 7) is 7.99. The number of guanidine groups is 1. The summed E-state index contributed by atoms with van der Waals surface area (Å²) in [6, 6.07) is 2.06. The van der Waals surface area contributed by atoms with Crippen molar-refractivity contribution in [3.05, 3.63) is 0 Å². The first-order valence-corrected chi connectivity index (χ1v) is 11.6. The number of hydrogen-bond acceptors (Lipinski definition) is 4. The summed E-state index contributed by atoms with van der Waals surface area (Å²) in [4.78, 5) is 7.67. The van der Waals surface area contributed by atoms with E-state index >= 15 is 0 Å². The van der Waals surface area contributed by atoms with Crippen LogP contribution in [0.15, 0.2) is 4.99 Å². The van der Waals surface area contributed by atoms with E-state index in [1.54, 1.807) is 0 Å². The zero-order valence-electron chi connectivity index (χ0n) is 16.9. The zero-order chi connectivity index (χ0) is 18.4. The Kier molecular flexibility index (Phi) is 7.53. The SMILES string of the molecule is CCNC(=NCC1(SCC)CCOCC1)NC1CC2CCCC(C1)N2C. The van der Waals surface area contributed by atoms with Crippen LogP contribution in [0.4, 0.5) is 0 Å². The Labute approximate surface area is 164 Å². The third-order valence-corrected chi connectivity index (χ3v) is 7.84. The molecule has 0 aliphatic carbocycles. The van der Waals surface area contributed by atoms with E-state index in [0.717, 1.165) is 62.9 Å². The van der Waals surface area contributed by atoms with Crippen LogP contribution in [-0.2, 0) is 4.74 Å². The molecular formula is C20H38N4OS. The summed E-state index contributed by atoms with van der Waals surface area (Å²) in [6.07, 6.45) is 8.85. The van der Waals surface area contributed by atoms with Gasteiger partial charge in [-0.15, -0.1) is 0 Å². The van der Waals surface area contributed by atoms with Crippen LogP contribution in [0.1, 0.15) is 58.8 Å². The Morgan fingerprint density at radius 3 is 2.50 bits per heavy atom. The van der Waals surface area contributed by atoms with Crippen LogP contribution >= 0.6 is 11.8 Å². The minimum absolute atomic E-state index is 0.263. The van der Waals surface area contributed by atoms with Crippen molar-refractivity contribution in [2.24, 2.45) is 4.99 Å². The minimum Gasteiger partial charge on any atom is -0.381 e. The number of hydrogen-bond donors (Lipinski definition) is 2. The molecule has 0 aromatic heterocycles. The molecule has 2 N–H and O–H groups in total. The second-order valence-corrected chi connectivity index (χ2v) is 9.87. The molecule has 2 unspecified atom stereocenters. The Morgan fingerprint density at radius 2 is 1.88 bits per heavy atom. The quantitative estimate of drug-likeness (QED) is 0.546. The van der Waals surface area contributed by atoms with Crippen LogP contribution in [-0.4, -0.2) is 72.8 Å². The summed E-state index contributed by atoms with van der Waals surface area (Å²) >= 11 is 2.07. The van der Waals surface area contributed by atoms with Crippen molar-refractivity contribution >= 4 is 17.7 Å². The van der Waals surface area contributed by atoms with Crippen molar-refractivity contribution in [1.82, 2.24) is 15.5 Å². The summed E-state index contributed by atoms with van der Waals surface area (Å²) in [5, 5.41) is 7.27. The number of aliphatic imine (C=N–C) groups is 1. The van der Waals surface area contributed by atoms with Crippen LogP contribution in [0, 0.1) is 0 Å². The fraction of sp³-hybridized carbons (Fsp3) is 0.950. The Hall–Kier alpha value is -0.460. The lowest BCUT2D eigenvalue weighted by Crippen LogP contribution is -2.56. The van der Waals surface area contributed by atoms with Gasteiger partial charge in [-0.25, -0.2) is 0 Å². The van der Waals surface area contributed by atoms with E-state index in [4.69, 9.17) is 9.73 Å². The van der Waals surface area contributed by atoms with Gasteiger partial charge in [-0.3, -0.25) is 4.99 Å². The fourth-order valence-electron chi connectivity index (χ4n) is 4.87. The van der Waals surface area contributed by atoms with Crippen molar-refractivity contribution in [3.8, 4) is 0 Å². The smallest absolute Gasteiger partial charge is 0.191 e. The molecule has 3 aliphatic rings. The molecule has 150 valence electrons. The van der Waals surface area contributed by atoms with Gasteiger partial charge in [0.2, 0.25) is 0 Å². The lowest BCUT2D eigenvalue weighted by molar-refractivity contribution is 0.0526. The molecule has 0 spiro atoms. The van der Waals surface area contributed by atoms with Crippen molar-refractivity contribution in [3.63, 3.8) is 0 Å². The van der Waals surface area contributed by atoms with E-state index in [0.29, 0.717) is 6.04 Å². The number of nitrogens with zero attached hydrogens (tertiary/aromatic N) is 2. The van der Waals surface area contributed by atoms with Crippen LogP contribution in [0.3, 0.4) is 0 Å². The second-order valence-electron chi connectivity index (χ2n) is 8.14. The van der Waals surface area contributed by atoms with Crippen LogP contribution < -0.4 is 10.6 Å². The molecule has 26 heavy (non-hydrogen) atoms. The largest absolute Gasteiger partial charge is 0.381 e. The third-order valence-electron chi connectivity index (χ3n) is 6.40. The standard InChI is InChI=1S/C20H38N4OS/c1-4-21-19(22-15-20(26-5-2)9-11-25-12-10-20)23-16-13-17-7-6-8-18(14-16)24(17)3/h16-18H,4-15H2,1-3H3,(H2,21,22,23). The number of nitrogens with one attached hydrogen (secondary N) is 2. The first kappa shape index (κ1) is 20.3. The van der Waals surface area contributed by atoms with E-state index in [1.165, 1.54) is 32.1 Å². The topological polar surface area (TPSA) is 48.9 Å². The molecule has 0 radical (unpaired) electrons. The molecule has 3 rings (SSSR count). The molecule has 3 aliphatic heterocycles.